The standard InChI is InChI=1S/C25H31N3O6/c1-26-9-5-7-20(26)16-28(17-21-8-6-11-34-21)24(29)18-27(10-12-31-2)25(30)19-13-22(32-3)15-23(14-19)33-4/h5-9,11,13-15H,10,12,16-18H2,1-4H3. The summed E-state index contributed by atoms with van der Waals surface area (Å²) < 4.78 is 23.2. The maximum Gasteiger partial charge on any atom is 0.254 e. The Morgan fingerprint density at radius 1 is 0.971 bits per heavy atom. The molecule has 2 heterocycles. The number of methoxy groups -OCH3 is 3. The van der Waals surface area contributed by atoms with Crippen LogP contribution in [0.4, 0.5) is 0 Å². The Kier molecular flexibility index (Phi) is 8.75. The molecule has 9 heteroatoms. The van der Waals surface area contributed by atoms with Crippen LogP contribution in [0.3, 0.4) is 0 Å². The van der Waals surface area contributed by atoms with Crippen molar-refractivity contribution in [3.63, 3.8) is 0 Å². The number of nitrogens with zero attached hydrogens (tertiary/aromatic N) is 3. The van der Waals surface area contributed by atoms with Crippen molar-refractivity contribution in [1.29, 1.82) is 0 Å². The number of aromatic nitrogens is 1. The summed E-state index contributed by atoms with van der Waals surface area (Å²) in [4.78, 5) is 30.0. The third kappa shape index (κ3) is 6.41. The van der Waals surface area contributed by atoms with Crippen LogP contribution in [0.2, 0.25) is 0 Å². The normalized spacial score (nSPS) is 10.7. The van der Waals surface area contributed by atoms with Gasteiger partial charge in [-0.25, -0.2) is 0 Å². The molecule has 182 valence electrons. The summed E-state index contributed by atoms with van der Waals surface area (Å²) in [5, 5.41) is 0. The van der Waals surface area contributed by atoms with Crippen molar-refractivity contribution in [2.75, 3.05) is 41.0 Å². The third-order valence-electron chi connectivity index (χ3n) is 5.46. The summed E-state index contributed by atoms with van der Waals surface area (Å²) in [7, 11) is 6.52. The van der Waals surface area contributed by atoms with Gasteiger partial charge in [0.05, 0.1) is 40.2 Å². The second-order valence-corrected chi connectivity index (χ2v) is 7.76. The van der Waals surface area contributed by atoms with Crippen LogP contribution in [-0.2, 0) is 29.7 Å². The number of carbonyl (C=O) groups excluding carboxylic acids is 2. The van der Waals surface area contributed by atoms with Crippen LogP contribution in [0.25, 0.3) is 0 Å². The van der Waals surface area contributed by atoms with Crippen LogP contribution < -0.4 is 9.47 Å². The van der Waals surface area contributed by atoms with Gasteiger partial charge in [0.2, 0.25) is 5.91 Å². The Morgan fingerprint density at radius 2 is 1.71 bits per heavy atom. The van der Waals surface area contributed by atoms with Crippen LogP contribution in [-0.4, -0.2) is 67.2 Å². The first-order valence-electron chi connectivity index (χ1n) is 10.9. The van der Waals surface area contributed by atoms with Gasteiger partial charge in [-0.2, -0.15) is 0 Å². The summed E-state index contributed by atoms with van der Waals surface area (Å²) in [5.41, 5.74) is 1.33. The lowest BCUT2D eigenvalue weighted by atomic mass is 10.1. The topological polar surface area (TPSA) is 86.4 Å². The van der Waals surface area contributed by atoms with Crippen molar-refractivity contribution in [3.8, 4) is 11.5 Å². The second-order valence-electron chi connectivity index (χ2n) is 7.76. The van der Waals surface area contributed by atoms with Gasteiger partial charge in [-0.05, 0) is 36.4 Å². The number of amides is 2. The van der Waals surface area contributed by atoms with Gasteiger partial charge < -0.3 is 33.0 Å². The monoisotopic (exact) mass is 469 g/mol. The van der Waals surface area contributed by atoms with Crippen molar-refractivity contribution in [1.82, 2.24) is 14.4 Å². The third-order valence-corrected chi connectivity index (χ3v) is 5.46. The van der Waals surface area contributed by atoms with Crippen LogP contribution >= 0.6 is 0 Å². The van der Waals surface area contributed by atoms with E-state index in [9.17, 15) is 9.59 Å². The van der Waals surface area contributed by atoms with Gasteiger partial charge in [-0.3, -0.25) is 9.59 Å². The number of rotatable bonds is 12. The Labute approximate surface area is 199 Å². The molecule has 0 atom stereocenters. The summed E-state index contributed by atoms with van der Waals surface area (Å²) in [5.74, 6) is 1.11. The smallest absolute Gasteiger partial charge is 0.254 e. The molecule has 9 nitrogen and oxygen atoms in total. The molecular formula is C25H31N3O6. The molecule has 0 aliphatic carbocycles. The molecule has 2 amide bonds. The van der Waals surface area contributed by atoms with E-state index in [-0.39, 0.29) is 38.1 Å². The number of hydrogen-bond donors (Lipinski definition) is 0. The first-order chi connectivity index (χ1) is 16.4. The molecule has 0 bridgehead atoms. The van der Waals surface area contributed by atoms with Gasteiger partial charge in [0.25, 0.3) is 5.91 Å². The van der Waals surface area contributed by atoms with Crippen LogP contribution in [0.1, 0.15) is 21.8 Å². The highest BCUT2D eigenvalue weighted by Crippen LogP contribution is 2.23. The van der Waals surface area contributed by atoms with Gasteiger partial charge in [-0.15, -0.1) is 0 Å². The van der Waals surface area contributed by atoms with E-state index in [0.717, 1.165) is 5.69 Å². The minimum Gasteiger partial charge on any atom is -0.497 e. The molecule has 34 heavy (non-hydrogen) atoms. The summed E-state index contributed by atoms with van der Waals surface area (Å²) in [6.45, 7) is 1.08. The van der Waals surface area contributed by atoms with Gasteiger partial charge in [0.15, 0.2) is 0 Å². The van der Waals surface area contributed by atoms with Crippen molar-refractivity contribution < 1.29 is 28.2 Å². The van der Waals surface area contributed by atoms with Crippen molar-refractivity contribution in [2.45, 2.75) is 13.1 Å². The maximum atomic E-state index is 13.5. The fourth-order valence-electron chi connectivity index (χ4n) is 3.51. The molecule has 0 unspecified atom stereocenters. The second kappa shape index (κ2) is 11.9. The van der Waals surface area contributed by atoms with E-state index in [1.54, 1.807) is 42.5 Å². The molecule has 0 aliphatic heterocycles. The van der Waals surface area contributed by atoms with E-state index < -0.39 is 0 Å². The zero-order valence-electron chi connectivity index (χ0n) is 20.0. The van der Waals surface area contributed by atoms with Crippen molar-refractivity contribution >= 4 is 11.8 Å². The Hall–Kier alpha value is -3.72. The van der Waals surface area contributed by atoms with Gasteiger partial charge in [0, 0.05) is 44.2 Å². The molecule has 3 rings (SSSR count). The molecule has 0 saturated carbocycles. The number of ether oxygens (including phenoxy) is 3. The quantitative estimate of drug-likeness (QED) is 0.405. The van der Waals surface area contributed by atoms with E-state index in [2.05, 4.69) is 0 Å². The largest absolute Gasteiger partial charge is 0.497 e. The summed E-state index contributed by atoms with van der Waals surface area (Å²) in [6, 6.07) is 12.4. The Bertz CT molecular complexity index is 1050. The average molecular weight is 470 g/mol. The van der Waals surface area contributed by atoms with Gasteiger partial charge in [-0.1, -0.05) is 0 Å². The predicted molar refractivity (Wildman–Crippen MR) is 126 cm³/mol. The van der Waals surface area contributed by atoms with Crippen LogP contribution in [0.5, 0.6) is 11.5 Å². The molecule has 2 aromatic heterocycles. The first-order valence-corrected chi connectivity index (χ1v) is 10.9. The molecule has 1 aromatic carbocycles. The van der Waals surface area contributed by atoms with E-state index in [4.69, 9.17) is 18.6 Å². The maximum absolute atomic E-state index is 13.5. The van der Waals surface area contributed by atoms with E-state index in [1.807, 2.05) is 36.0 Å². The molecule has 0 N–H and O–H groups in total. The number of aryl methyl sites for hydroxylation is 1. The minimum absolute atomic E-state index is 0.118. The fourth-order valence-corrected chi connectivity index (χ4v) is 3.51. The van der Waals surface area contributed by atoms with E-state index >= 15 is 0 Å². The van der Waals surface area contributed by atoms with Crippen LogP contribution in [0, 0.1) is 0 Å². The summed E-state index contributed by atoms with van der Waals surface area (Å²) in [6.07, 6.45) is 3.50. The Morgan fingerprint density at radius 3 is 2.26 bits per heavy atom. The predicted octanol–water partition coefficient (Wildman–Crippen LogP) is 2.95. The zero-order chi connectivity index (χ0) is 24.5. The van der Waals surface area contributed by atoms with E-state index in [1.165, 1.54) is 19.1 Å². The number of furan rings is 1. The minimum atomic E-state index is -0.320. The van der Waals surface area contributed by atoms with Gasteiger partial charge in [0.1, 0.15) is 23.8 Å². The highest BCUT2D eigenvalue weighted by molar-refractivity contribution is 5.97. The lowest BCUT2D eigenvalue weighted by molar-refractivity contribution is -0.133. The average Bonchev–Trinajstić information content (AvgIpc) is 3.52. The SMILES string of the molecule is COCCN(CC(=O)N(Cc1ccco1)Cc1cccn1C)C(=O)c1cc(OC)cc(OC)c1. The molecular weight excluding hydrogens is 438 g/mol. The zero-order valence-corrected chi connectivity index (χ0v) is 20.0. The lowest BCUT2D eigenvalue weighted by Gasteiger charge is -2.27. The molecule has 0 saturated heterocycles. The lowest BCUT2D eigenvalue weighted by Crippen LogP contribution is -2.43. The number of hydrogen-bond acceptors (Lipinski definition) is 6. The highest BCUT2D eigenvalue weighted by atomic mass is 16.5. The highest BCUT2D eigenvalue weighted by Gasteiger charge is 2.24. The van der Waals surface area contributed by atoms with E-state index in [0.29, 0.717) is 29.4 Å². The molecule has 3 aromatic rings. The number of carbonyl (C=O) groups is 2. The molecule has 0 fully saturated rings. The molecule has 0 spiro atoms. The van der Waals surface area contributed by atoms with Crippen molar-refractivity contribution in [3.05, 3.63) is 71.9 Å². The van der Waals surface area contributed by atoms with Gasteiger partial charge >= 0.3 is 0 Å². The Balaban J connectivity index is 1.84. The molecule has 0 radical (unpaired) electrons. The van der Waals surface area contributed by atoms with Crippen LogP contribution in [0.15, 0.2) is 59.3 Å². The number of benzene rings is 1. The molecule has 0 aliphatic rings. The first kappa shape index (κ1) is 24.9. The fraction of sp³-hybridized carbons (Fsp3) is 0.360. The summed E-state index contributed by atoms with van der Waals surface area (Å²) >= 11 is 0. The van der Waals surface area contributed by atoms with Crippen molar-refractivity contribution in [2.24, 2.45) is 7.05 Å².